The molecule has 1 amide bonds. The maximum absolute atomic E-state index is 13.5. The van der Waals surface area contributed by atoms with Crippen molar-refractivity contribution in [2.45, 2.75) is 39.9 Å². The van der Waals surface area contributed by atoms with E-state index in [4.69, 9.17) is 4.42 Å². The molecule has 0 fully saturated rings. The van der Waals surface area contributed by atoms with Crippen molar-refractivity contribution in [1.82, 2.24) is 9.62 Å². The van der Waals surface area contributed by atoms with Crippen LogP contribution < -0.4 is 10.0 Å². The lowest BCUT2D eigenvalue weighted by atomic mass is 10.0. The highest BCUT2D eigenvalue weighted by atomic mass is 32.2. The topological polar surface area (TPSA) is 137 Å². The third-order valence-electron chi connectivity index (χ3n) is 5.39. The zero-order valence-corrected chi connectivity index (χ0v) is 21.2. The lowest BCUT2D eigenvalue weighted by Gasteiger charge is -2.20. The summed E-state index contributed by atoms with van der Waals surface area (Å²) in [5.41, 5.74) is -1.83. The second-order valence-electron chi connectivity index (χ2n) is 8.78. The molecule has 1 atom stereocenters. The number of amidine groups is 2. The summed E-state index contributed by atoms with van der Waals surface area (Å²) in [6.07, 6.45) is -4.93. The third-order valence-corrected chi connectivity index (χ3v) is 6.27. The van der Waals surface area contributed by atoms with Gasteiger partial charge in [0.1, 0.15) is 17.6 Å². The number of halogens is 3. The smallest absolute Gasteiger partial charge is 0.417 e. The van der Waals surface area contributed by atoms with E-state index in [2.05, 4.69) is 19.4 Å². The van der Waals surface area contributed by atoms with Gasteiger partial charge in [0.25, 0.3) is 5.91 Å². The first kappa shape index (κ1) is 27.0. The average Bonchev–Trinajstić information content (AvgIpc) is 3.22. The molecule has 36 heavy (non-hydrogen) atoms. The van der Waals surface area contributed by atoms with Crippen LogP contribution in [0, 0.1) is 19.8 Å². The Morgan fingerprint density at radius 3 is 2.39 bits per heavy atom. The quantitative estimate of drug-likeness (QED) is 0.505. The molecule has 0 spiro atoms. The van der Waals surface area contributed by atoms with Crippen LogP contribution in [0.4, 0.5) is 18.9 Å². The van der Waals surface area contributed by atoms with Crippen LogP contribution in [-0.2, 0) is 16.4 Å². The number of rotatable bonds is 5. The van der Waals surface area contributed by atoms with Crippen LogP contribution in [-0.4, -0.2) is 50.1 Å². The molecule has 1 aliphatic rings. The van der Waals surface area contributed by atoms with Crippen molar-refractivity contribution in [2.75, 3.05) is 19.4 Å². The van der Waals surface area contributed by atoms with Crippen LogP contribution in [0.3, 0.4) is 0 Å². The van der Waals surface area contributed by atoms with Crippen molar-refractivity contribution in [3.8, 4) is 5.75 Å². The molecule has 3 rings (SSSR count). The summed E-state index contributed by atoms with van der Waals surface area (Å²) >= 11 is 0. The Balaban J connectivity index is 2.09. The van der Waals surface area contributed by atoms with Gasteiger partial charge in [0.2, 0.25) is 0 Å². The molecular weight excluding hydrogens is 503 g/mol. The number of aryl methyl sites for hydroxylation is 2. The molecule has 0 radical (unpaired) electrons. The van der Waals surface area contributed by atoms with Crippen LogP contribution in [0.2, 0.25) is 0 Å². The number of hydrogen-bond donors (Lipinski definition) is 3. The van der Waals surface area contributed by atoms with Crippen LogP contribution in [0.5, 0.6) is 5.75 Å². The Morgan fingerprint density at radius 1 is 1.25 bits per heavy atom. The summed E-state index contributed by atoms with van der Waals surface area (Å²) in [5.74, 6) is -1.72. The number of phenols is 1. The molecule has 2 heterocycles. The first-order valence-electron chi connectivity index (χ1n) is 10.7. The van der Waals surface area contributed by atoms with Gasteiger partial charge in [-0.05, 0) is 43.5 Å². The fourth-order valence-corrected chi connectivity index (χ4v) is 4.26. The number of phenolic OH excluding ortho intramolecular Hbond substituents is 1. The van der Waals surface area contributed by atoms with Gasteiger partial charge in [-0.25, -0.2) is 4.72 Å². The summed E-state index contributed by atoms with van der Waals surface area (Å²) < 4.78 is 76.4. The molecule has 14 heteroatoms. The number of furan rings is 1. The minimum absolute atomic E-state index is 0.141. The Bertz CT molecular complexity index is 1340. The molecule has 3 N–H and O–H groups in total. The van der Waals surface area contributed by atoms with Gasteiger partial charge in [0.05, 0.1) is 16.8 Å². The zero-order chi connectivity index (χ0) is 27.2. The van der Waals surface area contributed by atoms with Gasteiger partial charge in [0, 0.05) is 14.1 Å². The van der Waals surface area contributed by atoms with E-state index >= 15 is 0 Å². The van der Waals surface area contributed by atoms with Crippen molar-refractivity contribution in [2.24, 2.45) is 15.3 Å². The highest BCUT2D eigenvalue weighted by Gasteiger charge is 2.39. The van der Waals surface area contributed by atoms with E-state index in [0.29, 0.717) is 17.6 Å². The normalized spacial score (nSPS) is 17.2. The summed E-state index contributed by atoms with van der Waals surface area (Å²) in [6, 6.07) is 2.62. The maximum Gasteiger partial charge on any atom is 0.417 e. The van der Waals surface area contributed by atoms with Crippen molar-refractivity contribution >= 4 is 33.5 Å². The lowest BCUT2D eigenvalue weighted by molar-refractivity contribution is -0.138. The number of aliphatic imine (C=N–C) groups is 1. The van der Waals surface area contributed by atoms with Crippen molar-refractivity contribution in [1.29, 1.82) is 0 Å². The van der Waals surface area contributed by atoms with Gasteiger partial charge in [-0.2, -0.15) is 21.6 Å². The predicted molar refractivity (Wildman–Crippen MR) is 127 cm³/mol. The molecule has 0 saturated heterocycles. The number of nitrogens with zero attached hydrogens (tertiary/aromatic N) is 3. The molecule has 0 bridgehead atoms. The second-order valence-corrected chi connectivity index (χ2v) is 10.1. The standard InChI is InChI=1S/C22H26F3N5O5S/c1-10(2)17(15-9-11(3)12(4)35-15)27-20-19(28-36(33,34)29-20)26-14-8-7-13(22(23,24)25)16(18(14)31)21(32)30(5)6/h7-10,17,31H,1-6H3,(H,26,28)(H,27,29). The first-order valence-corrected chi connectivity index (χ1v) is 12.2. The maximum atomic E-state index is 13.5. The number of nitrogens with one attached hydrogen (secondary N) is 2. The van der Waals surface area contributed by atoms with E-state index in [1.807, 2.05) is 20.8 Å². The minimum Gasteiger partial charge on any atom is -0.505 e. The molecule has 0 aliphatic carbocycles. The van der Waals surface area contributed by atoms with Crippen molar-refractivity contribution in [3.63, 3.8) is 0 Å². The first-order chi connectivity index (χ1) is 16.5. The fraction of sp³-hybridized carbons (Fsp3) is 0.409. The van der Waals surface area contributed by atoms with Gasteiger partial charge in [-0.3, -0.25) is 9.79 Å². The van der Waals surface area contributed by atoms with E-state index in [0.717, 1.165) is 16.5 Å². The highest BCUT2D eigenvalue weighted by Crippen LogP contribution is 2.40. The van der Waals surface area contributed by atoms with Gasteiger partial charge in [0.15, 0.2) is 17.4 Å². The monoisotopic (exact) mass is 529 g/mol. The molecule has 0 saturated carbocycles. The molecule has 2 aromatic rings. The lowest BCUT2D eigenvalue weighted by Crippen LogP contribution is -2.32. The van der Waals surface area contributed by atoms with Crippen molar-refractivity contribution < 1.29 is 35.9 Å². The summed E-state index contributed by atoms with van der Waals surface area (Å²) in [6.45, 7) is 7.31. The van der Waals surface area contributed by atoms with E-state index in [1.165, 1.54) is 14.1 Å². The van der Waals surface area contributed by atoms with Gasteiger partial charge in [-0.15, -0.1) is 4.40 Å². The van der Waals surface area contributed by atoms with E-state index in [9.17, 15) is 31.5 Å². The average molecular weight is 530 g/mol. The number of amides is 1. The largest absolute Gasteiger partial charge is 0.505 e. The molecule has 1 aromatic carbocycles. The molecule has 1 aliphatic heterocycles. The predicted octanol–water partition coefficient (Wildman–Crippen LogP) is 3.78. The van der Waals surface area contributed by atoms with Gasteiger partial charge in [-0.1, -0.05) is 13.8 Å². The molecular formula is C22H26F3N5O5S. The molecule has 1 aromatic heterocycles. The third kappa shape index (κ3) is 5.48. The SMILES string of the molecule is Cc1cc(C(N=C2NS(=O)(=O)N=C2Nc2ccc(C(F)(F)F)c(C(=O)N(C)C)c2O)C(C)C)oc1C. The van der Waals surface area contributed by atoms with Crippen molar-refractivity contribution in [3.05, 3.63) is 46.4 Å². The zero-order valence-electron chi connectivity index (χ0n) is 20.4. The second kappa shape index (κ2) is 9.48. The fourth-order valence-electron chi connectivity index (χ4n) is 3.45. The van der Waals surface area contributed by atoms with Crippen LogP contribution >= 0.6 is 0 Å². The summed E-state index contributed by atoms with van der Waals surface area (Å²) in [7, 11) is -1.77. The number of anilines is 1. The Kier molecular flexibility index (Phi) is 7.12. The van der Waals surface area contributed by atoms with E-state index < -0.39 is 45.2 Å². The Labute approximate surface area is 206 Å². The highest BCUT2D eigenvalue weighted by molar-refractivity contribution is 7.89. The number of carbonyl (C=O) groups excluding carboxylic acids is 1. The van der Waals surface area contributed by atoms with Crippen LogP contribution in [0.1, 0.15) is 52.9 Å². The van der Waals surface area contributed by atoms with Crippen LogP contribution in [0.25, 0.3) is 0 Å². The molecule has 10 nitrogen and oxygen atoms in total. The number of aromatic hydroxyl groups is 1. The molecule has 196 valence electrons. The number of benzene rings is 1. The van der Waals surface area contributed by atoms with Gasteiger partial charge >= 0.3 is 16.4 Å². The summed E-state index contributed by atoms with van der Waals surface area (Å²) in [5, 5.41) is 13.1. The summed E-state index contributed by atoms with van der Waals surface area (Å²) in [4.78, 5) is 17.8. The number of hydrogen-bond acceptors (Lipinski definition) is 7. The number of carbonyl (C=O) groups is 1. The Morgan fingerprint density at radius 2 is 1.89 bits per heavy atom. The minimum atomic E-state index is -4.93. The van der Waals surface area contributed by atoms with E-state index in [-0.39, 0.29) is 23.3 Å². The van der Waals surface area contributed by atoms with Crippen LogP contribution in [0.15, 0.2) is 32.0 Å². The number of alkyl halides is 3. The molecule has 1 unspecified atom stereocenters. The van der Waals surface area contributed by atoms with Gasteiger partial charge < -0.3 is 19.7 Å². The Hall–Kier alpha value is -3.55. The van der Waals surface area contributed by atoms with E-state index in [1.54, 1.807) is 13.0 Å².